The summed E-state index contributed by atoms with van der Waals surface area (Å²) in [5.74, 6) is -0.0512. The summed E-state index contributed by atoms with van der Waals surface area (Å²) in [5.41, 5.74) is 1.67. The Morgan fingerprint density at radius 2 is 1.89 bits per heavy atom. The number of carbonyl (C=O) groups excluding carboxylic acids is 1. The number of nitrogens with zero attached hydrogens (tertiary/aromatic N) is 1. The second-order valence-electron chi connectivity index (χ2n) is 5.66. The Hall–Kier alpha value is -2.54. The van der Waals surface area contributed by atoms with Crippen molar-refractivity contribution >= 4 is 23.7 Å². The second kappa shape index (κ2) is 9.97. The van der Waals surface area contributed by atoms with Crippen LogP contribution in [0, 0.1) is 0 Å². The minimum atomic E-state index is -2.93. The van der Waals surface area contributed by atoms with Crippen LogP contribution in [0.25, 0.3) is 6.08 Å². The highest BCUT2D eigenvalue weighted by Crippen LogP contribution is 2.29. The molecule has 0 saturated heterocycles. The van der Waals surface area contributed by atoms with Gasteiger partial charge in [-0.15, -0.1) is 11.8 Å². The van der Waals surface area contributed by atoms with E-state index in [0.29, 0.717) is 12.1 Å². The SMILES string of the molecule is COc1cc(C=CC(=O)N(C)Cc2ccc(SC)cc2)ccc1OC(F)F. The highest BCUT2D eigenvalue weighted by atomic mass is 32.2. The molecule has 0 saturated carbocycles. The van der Waals surface area contributed by atoms with E-state index in [0.717, 1.165) is 5.56 Å². The lowest BCUT2D eigenvalue weighted by atomic mass is 10.1. The van der Waals surface area contributed by atoms with E-state index in [1.807, 2.05) is 30.5 Å². The third-order valence-electron chi connectivity index (χ3n) is 3.78. The van der Waals surface area contributed by atoms with E-state index in [4.69, 9.17) is 4.74 Å². The standard InChI is InChI=1S/C20H21F2NO3S/c1-23(13-15-4-8-16(27-3)9-5-15)19(24)11-7-14-6-10-17(26-20(21)22)18(12-14)25-2/h4-12,20H,13H2,1-3H3. The first kappa shape index (κ1) is 20.8. The minimum absolute atomic E-state index is 0.0539. The van der Waals surface area contributed by atoms with E-state index in [2.05, 4.69) is 4.74 Å². The number of hydrogen-bond acceptors (Lipinski definition) is 4. The maximum atomic E-state index is 12.4. The van der Waals surface area contributed by atoms with Crippen molar-refractivity contribution in [2.24, 2.45) is 0 Å². The van der Waals surface area contributed by atoms with Crippen molar-refractivity contribution in [2.45, 2.75) is 18.1 Å². The lowest BCUT2D eigenvalue weighted by Crippen LogP contribution is -2.24. The number of hydrogen-bond donors (Lipinski definition) is 0. The van der Waals surface area contributed by atoms with E-state index in [1.54, 1.807) is 35.9 Å². The molecule has 0 spiro atoms. The van der Waals surface area contributed by atoms with Crippen LogP contribution < -0.4 is 9.47 Å². The summed E-state index contributed by atoms with van der Waals surface area (Å²) in [7, 11) is 3.08. The molecule has 0 heterocycles. The predicted molar refractivity (Wildman–Crippen MR) is 103 cm³/mol. The number of methoxy groups -OCH3 is 1. The zero-order valence-corrected chi connectivity index (χ0v) is 16.1. The zero-order valence-electron chi connectivity index (χ0n) is 15.3. The number of amides is 1. The maximum absolute atomic E-state index is 12.4. The van der Waals surface area contributed by atoms with Gasteiger partial charge in [0.15, 0.2) is 11.5 Å². The van der Waals surface area contributed by atoms with Crippen molar-refractivity contribution in [3.63, 3.8) is 0 Å². The van der Waals surface area contributed by atoms with Gasteiger partial charge in [-0.2, -0.15) is 8.78 Å². The monoisotopic (exact) mass is 393 g/mol. The van der Waals surface area contributed by atoms with E-state index < -0.39 is 6.61 Å². The summed E-state index contributed by atoms with van der Waals surface area (Å²) >= 11 is 1.66. The van der Waals surface area contributed by atoms with Gasteiger partial charge < -0.3 is 14.4 Å². The van der Waals surface area contributed by atoms with Gasteiger partial charge in [0.2, 0.25) is 5.91 Å². The summed E-state index contributed by atoms with van der Waals surface area (Å²) in [6.07, 6.45) is 5.04. The van der Waals surface area contributed by atoms with Crippen LogP contribution in [0.3, 0.4) is 0 Å². The molecule has 7 heteroatoms. The van der Waals surface area contributed by atoms with Gasteiger partial charge in [0, 0.05) is 24.6 Å². The summed E-state index contributed by atoms with van der Waals surface area (Å²) < 4.78 is 34.1. The van der Waals surface area contributed by atoms with Gasteiger partial charge in [-0.25, -0.2) is 0 Å². The van der Waals surface area contributed by atoms with Crippen molar-refractivity contribution in [2.75, 3.05) is 20.4 Å². The van der Waals surface area contributed by atoms with Gasteiger partial charge >= 0.3 is 6.61 Å². The van der Waals surface area contributed by atoms with Gasteiger partial charge in [0.1, 0.15) is 0 Å². The fraction of sp³-hybridized carbons (Fsp3) is 0.250. The molecule has 4 nitrogen and oxygen atoms in total. The third-order valence-corrected chi connectivity index (χ3v) is 4.52. The van der Waals surface area contributed by atoms with E-state index in [9.17, 15) is 13.6 Å². The molecule has 2 aromatic carbocycles. The van der Waals surface area contributed by atoms with Crippen molar-refractivity contribution < 1.29 is 23.0 Å². The predicted octanol–water partition coefficient (Wildman–Crippen LogP) is 4.69. The topological polar surface area (TPSA) is 38.8 Å². The lowest BCUT2D eigenvalue weighted by molar-refractivity contribution is -0.125. The van der Waals surface area contributed by atoms with Crippen LogP contribution in [0.2, 0.25) is 0 Å². The molecule has 27 heavy (non-hydrogen) atoms. The van der Waals surface area contributed by atoms with E-state index >= 15 is 0 Å². The molecule has 0 fully saturated rings. The molecule has 2 aromatic rings. The average Bonchev–Trinajstić information content (AvgIpc) is 2.67. The third kappa shape index (κ3) is 6.29. The van der Waals surface area contributed by atoms with Crippen LogP contribution in [-0.2, 0) is 11.3 Å². The Bertz CT molecular complexity index is 794. The van der Waals surface area contributed by atoms with Gasteiger partial charge in [-0.05, 0) is 47.7 Å². The van der Waals surface area contributed by atoms with E-state index in [1.165, 1.54) is 30.2 Å². The summed E-state index contributed by atoms with van der Waals surface area (Å²) in [4.78, 5) is 15.1. The fourth-order valence-electron chi connectivity index (χ4n) is 2.36. The van der Waals surface area contributed by atoms with Crippen LogP contribution in [0.15, 0.2) is 53.4 Å². The molecular formula is C20H21F2NO3S. The van der Waals surface area contributed by atoms with Gasteiger partial charge in [-0.1, -0.05) is 18.2 Å². The highest BCUT2D eigenvalue weighted by molar-refractivity contribution is 7.98. The molecular weight excluding hydrogens is 372 g/mol. The number of carbonyl (C=O) groups is 1. The molecule has 0 aromatic heterocycles. The fourth-order valence-corrected chi connectivity index (χ4v) is 2.77. The summed E-state index contributed by atoms with van der Waals surface area (Å²) in [6, 6.07) is 12.5. The number of thioether (sulfide) groups is 1. The molecule has 0 aliphatic heterocycles. The van der Waals surface area contributed by atoms with Gasteiger partial charge in [-0.3, -0.25) is 4.79 Å². The normalized spacial score (nSPS) is 11.0. The smallest absolute Gasteiger partial charge is 0.387 e. The molecule has 1 amide bonds. The molecule has 0 N–H and O–H groups in total. The van der Waals surface area contributed by atoms with Crippen LogP contribution in [0.1, 0.15) is 11.1 Å². The summed E-state index contributed by atoms with van der Waals surface area (Å²) in [5, 5.41) is 0. The Labute approximate surface area is 161 Å². The zero-order chi connectivity index (χ0) is 19.8. The van der Waals surface area contributed by atoms with Crippen LogP contribution in [0.4, 0.5) is 8.78 Å². The second-order valence-corrected chi connectivity index (χ2v) is 6.54. The number of halogens is 2. The van der Waals surface area contributed by atoms with Crippen LogP contribution in [-0.4, -0.2) is 37.8 Å². The Kier molecular flexibility index (Phi) is 7.67. The molecule has 2 rings (SSSR count). The highest BCUT2D eigenvalue weighted by Gasteiger charge is 2.11. The number of benzene rings is 2. The van der Waals surface area contributed by atoms with Crippen molar-refractivity contribution in [3.05, 3.63) is 59.7 Å². The quantitative estimate of drug-likeness (QED) is 0.482. The molecule has 144 valence electrons. The molecule has 0 aliphatic rings. The van der Waals surface area contributed by atoms with Crippen molar-refractivity contribution in [1.82, 2.24) is 4.90 Å². The number of alkyl halides is 2. The first-order valence-electron chi connectivity index (χ1n) is 8.12. The molecule has 0 unspecified atom stereocenters. The lowest BCUT2D eigenvalue weighted by Gasteiger charge is -2.15. The van der Waals surface area contributed by atoms with Crippen molar-refractivity contribution in [1.29, 1.82) is 0 Å². The Balaban J connectivity index is 2.01. The minimum Gasteiger partial charge on any atom is -0.493 e. The molecule has 0 bridgehead atoms. The number of ether oxygens (including phenoxy) is 2. The maximum Gasteiger partial charge on any atom is 0.387 e. The summed E-state index contributed by atoms with van der Waals surface area (Å²) in [6.45, 7) is -2.44. The first-order valence-corrected chi connectivity index (χ1v) is 9.34. The Morgan fingerprint density at radius 3 is 2.48 bits per heavy atom. The molecule has 0 aliphatic carbocycles. The number of likely N-dealkylation sites (N-methyl/N-ethyl adjacent to an activating group) is 1. The Morgan fingerprint density at radius 1 is 1.19 bits per heavy atom. The van der Waals surface area contributed by atoms with E-state index in [-0.39, 0.29) is 17.4 Å². The van der Waals surface area contributed by atoms with Crippen LogP contribution in [0.5, 0.6) is 11.5 Å². The van der Waals surface area contributed by atoms with Crippen molar-refractivity contribution in [3.8, 4) is 11.5 Å². The molecule has 0 atom stereocenters. The molecule has 0 radical (unpaired) electrons. The largest absolute Gasteiger partial charge is 0.493 e. The van der Waals surface area contributed by atoms with Crippen LogP contribution >= 0.6 is 11.8 Å². The average molecular weight is 393 g/mol. The van der Waals surface area contributed by atoms with Gasteiger partial charge in [0.25, 0.3) is 0 Å². The first-order chi connectivity index (χ1) is 12.9. The van der Waals surface area contributed by atoms with Gasteiger partial charge in [0.05, 0.1) is 7.11 Å². The number of rotatable bonds is 8.